The lowest BCUT2D eigenvalue weighted by molar-refractivity contribution is -0.854. The first-order valence-electron chi connectivity index (χ1n) is 8.46. The van der Waals surface area contributed by atoms with Gasteiger partial charge in [-0.15, -0.1) is 11.3 Å². The Balaban J connectivity index is 1.57. The molecule has 2 unspecified atom stereocenters. The molecule has 1 aliphatic rings. The van der Waals surface area contributed by atoms with Gasteiger partial charge in [0.1, 0.15) is 24.1 Å². The summed E-state index contributed by atoms with van der Waals surface area (Å²) in [5.74, 6) is 0.195. The van der Waals surface area contributed by atoms with E-state index >= 15 is 0 Å². The van der Waals surface area contributed by atoms with Crippen LogP contribution in [0.5, 0.6) is 0 Å². The third-order valence-electron chi connectivity index (χ3n) is 4.60. The fourth-order valence-corrected chi connectivity index (χ4v) is 3.44. The van der Waals surface area contributed by atoms with E-state index in [4.69, 9.17) is 5.73 Å². The van der Waals surface area contributed by atoms with Gasteiger partial charge in [0.05, 0.1) is 7.05 Å². The molecule has 2 heterocycles. The Kier molecular flexibility index (Phi) is 5.52. The number of hydrogen-bond acceptors (Lipinski definition) is 5. The summed E-state index contributed by atoms with van der Waals surface area (Å²) < 4.78 is 13.6. The second-order valence-electron chi connectivity index (χ2n) is 6.58. The van der Waals surface area contributed by atoms with Gasteiger partial charge < -0.3 is 11.1 Å². The van der Waals surface area contributed by atoms with Crippen LogP contribution in [0, 0.1) is 5.82 Å². The zero-order chi connectivity index (χ0) is 19.4. The van der Waals surface area contributed by atoms with Crippen LogP contribution in [0.15, 0.2) is 46.9 Å². The van der Waals surface area contributed by atoms with E-state index < -0.39 is 6.03 Å². The van der Waals surface area contributed by atoms with Crippen molar-refractivity contribution in [1.29, 1.82) is 0 Å². The van der Waals surface area contributed by atoms with Gasteiger partial charge in [0, 0.05) is 18.1 Å². The van der Waals surface area contributed by atoms with E-state index in [0.29, 0.717) is 27.7 Å². The fraction of sp³-hybridized carbons (Fsp3) is 0.278. The van der Waals surface area contributed by atoms with E-state index in [1.165, 1.54) is 23.5 Å². The molecular weight excluding hydrogens is 367 g/mol. The zero-order valence-corrected chi connectivity index (χ0v) is 16.0. The van der Waals surface area contributed by atoms with Gasteiger partial charge in [-0.1, -0.05) is 12.1 Å². The van der Waals surface area contributed by atoms with Crippen LogP contribution in [-0.2, 0) is 13.1 Å². The van der Waals surface area contributed by atoms with E-state index in [9.17, 15) is 9.18 Å². The molecule has 27 heavy (non-hydrogen) atoms. The number of urea groups is 1. The summed E-state index contributed by atoms with van der Waals surface area (Å²) in [6, 6.07) is 5.87. The topological polar surface area (TPSA) is 92.4 Å². The molecule has 0 spiro atoms. The molecule has 142 valence electrons. The van der Waals surface area contributed by atoms with Crippen molar-refractivity contribution in [3.8, 4) is 0 Å². The smallest absolute Gasteiger partial charge is 0.321 e. The number of hydrogen-bond donors (Lipinski definition) is 3. The van der Waals surface area contributed by atoms with Gasteiger partial charge in [0.15, 0.2) is 5.13 Å². The molecule has 1 aliphatic heterocycles. The number of benzene rings is 1. The van der Waals surface area contributed by atoms with Crippen LogP contribution < -0.4 is 16.4 Å². The summed E-state index contributed by atoms with van der Waals surface area (Å²) in [6.07, 6.45) is 3.72. The number of nitrogens with one attached hydrogen (secondary N) is 2. The Morgan fingerprint density at radius 2 is 2.26 bits per heavy atom. The van der Waals surface area contributed by atoms with Crippen LogP contribution in [-0.4, -0.2) is 34.5 Å². The van der Waals surface area contributed by atoms with Gasteiger partial charge in [-0.05, 0) is 30.7 Å². The Morgan fingerprint density at radius 3 is 3.00 bits per heavy atom. The highest BCUT2D eigenvalue weighted by atomic mass is 32.1. The van der Waals surface area contributed by atoms with E-state index in [1.54, 1.807) is 18.3 Å². The molecule has 0 saturated heterocycles. The van der Waals surface area contributed by atoms with E-state index in [1.807, 2.05) is 18.5 Å². The van der Waals surface area contributed by atoms with Crippen molar-refractivity contribution >= 4 is 28.5 Å². The molecule has 4 N–H and O–H groups in total. The van der Waals surface area contributed by atoms with E-state index in [-0.39, 0.29) is 18.4 Å². The zero-order valence-electron chi connectivity index (χ0n) is 15.1. The quantitative estimate of drug-likeness (QED) is 0.687. The van der Waals surface area contributed by atoms with Crippen molar-refractivity contribution in [2.75, 3.05) is 12.4 Å². The summed E-state index contributed by atoms with van der Waals surface area (Å²) in [6.45, 7) is 2.88. The lowest BCUT2D eigenvalue weighted by Crippen LogP contribution is -2.58. The highest BCUT2D eigenvalue weighted by Crippen LogP contribution is 2.23. The highest BCUT2D eigenvalue weighted by Gasteiger charge is 2.35. The van der Waals surface area contributed by atoms with Crippen LogP contribution in [0.2, 0.25) is 0 Å². The number of halogens is 1. The molecule has 1 aromatic heterocycles. The maximum absolute atomic E-state index is 13.2. The van der Waals surface area contributed by atoms with Crippen molar-refractivity contribution in [3.63, 3.8) is 0 Å². The lowest BCUT2D eigenvalue weighted by Gasteiger charge is -2.37. The predicted molar refractivity (Wildman–Crippen MR) is 104 cm³/mol. The number of aromatic nitrogens is 1. The minimum Gasteiger partial charge on any atom is -0.338 e. The number of amides is 2. The van der Waals surface area contributed by atoms with Crippen molar-refractivity contribution in [3.05, 3.63) is 59.0 Å². The number of quaternary nitrogens is 1. The van der Waals surface area contributed by atoms with E-state index in [2.05, 4.69) is 27.5 Å². The Bertz CT molecular complexity index is 895. The molecular formula is C18H22FN6OS+. The largest absolute Gasteiger partial charge is 0.338 e. The first-order chi connectivity index (χ1) is 12.9. The van der Waals surface area contributed by atoms with Crippen molar-refractivity contribution in [2.24, 2.45) is 10.7 Å². The number of aliphatic imine (C=N–C) groups is 1. The molecule has 3 rings (SSSR count). The first kappa shape index (κ1) is 19.0. The molecule has 2 atom stereocenters. The molecule has 2 amide bonds. The molecule has 0 bridgehead atoms. The molecule has 9 heteroatoms. The average molecular weight is 389 g/mol. The van der Waals surface area contributed by atoms with E-state index in [0.717, 1.165) is 5.69 Å². The van der Waals surface area contributed by atoms with Crippen LogP contribution in [0.3, 0.4) is 0 Å². The van der Waals surface area contributed by atoms with Gasteiger partial charge in [-0.2, -0.15) is 4.99 Å². The standard InChI is InChI=1S/C18H21FN6OS/c1-12-6-7-21-16(20)25(12,2)10-15-11-27-18(23-15)24-17(26)22-9-13-4-3-5-14(19)8-13/h3-8,11-12H,9-10H2,1-2H3,(H3-,20,21,22,23,24,26)/p+1. The number of carbonyl (C=O) groups excluding carboxylic acids is 1. The van der Waals surface area contributed by atoms with Gasteiger partial charge in [-0.25, -0.2) is 14.2 Å². The minimum atomic E-state index is -0.393. The normalized spacial score (nSPS) is 21.6. The van der Waals surface area contributed by atoms with Crippen LogP contribution in [0.25, 0.3) is 0 Å². The highest BCUT2D eigenvalue weighted by molar-refractivity contribution is 7.13. The number of thiazole rings is 1. The number of guanidine groups is 1. The van der Waals surface area contributed by atoms with Crippen molar-refractivity contribution in [2.45, 2.75) is 26.1 Å². The molecule has 7 nitrogen and oxygen atoms in total. The second kappa shape index (κ2) is 7.85. The lowest BCUT2D eigenvalue weighted by atomic mass is 10.2. The molecule has 1 aromatic carbocycles. The van der Waals surface area contributed by atoms with Crippen LogP contribution in [0.1, 0.15) is 18.2 Å². The number of carbonyl (C=O) groups is 1. The fourth-order valence-electron chi connectivity index (χ4n) is 2.74. The third kappa shape index (κ3) is 4.50. The molecule has 0 radical (unpaired) electrons. The van der Waals surface area contributed by atoms with Crippen molar-refractivity contribution < 1.29 is 13.7 Å². The second-order valence-corrected chi connectivity index (χ2v) is 7.44. The maximum atomic E-state index is 13.2. The van der Waals surface area contributed by atoms with Gasteiger partial charge >= 0.3 is 6.03 Å². The number of anilines is 1. The average Bonchev–Trinajstić information content (AvgIpc) is 3.05. The first-order valence-corrected chi connectivity index (χ1v) is 9.34. The summed E-state index contributed by atoms with van der Waals surface area (Å²) in [7, 11) is 2.01. The van der Waals surface area contributed by atoms with Gasteiger partial charge in [0.25, 0.3) is 5.96 Å². The van der Waals surface area contributed by atoms with Crippen molar-refractivity contribution in [1.82, 2.24) is 10.3 Å². The van der Waals surface area contributed by atoms with Crippen LogP contribution >= 0.6 is 11.3 Å². The number of rotatable bonds is 5. The third-order valence-corrected chi connectivity index (χ3v) is 5.40. The summed E-state index contributed by atoms with van der Waals surface area (Å²) in [5.41, 5.74) is 7.59. The van der Waals surface area contributed by atoms with Crippen LogP contribution in [0.4, 0.5) is 14.3 Å². The maximum Gasteiger partial charge on any atom is 0.321 e. The number of nitrogens with zero attached hydrogens (tertiary/aromatic N) is 3. The molecule has 2 aromatic rings. The Hall–Kier alpha value is -2.78. The Morgan fingerprint density at radius 1 is 1.44 bits per heavy atom. The SMILES string of the molecule is CC1C=CN=C(N)[N+]1(C)Cc1csc(NC(=O)NCc2cccc(F)c2)n1. The minimum absolute atomic E-state index is 0.176. The Labute approximate surface area is 161 Å². The number of likely N-dealkylation sites (N-methyl/N-ethyl adjacent to an activating group) is 1. The monoisotopic (exact) mass is 389 g/mol. The summed E-state index contributed by atoms with van der Waals surface area (Å²) in [5, 5.41) is 7.77. The molecule has 0 fully saturated rings. The predicted octanol–water partition coefficient (Wildman–Crippen LogP) is 2.78. The van der Waals surface area contributed by atoms with Gasteiger partial charge in [0.2, 0.25) is 0 Å². The van der Waals surface area contributed by atoms with Gasteiger partial charge in [-0.3, -0.25) is 9.80 Å². The number of nitrogens with two attached hydrogens (primary N) is 1. The summed E-state index contributed by atoms with van der Waals surface area (Å²) >= 11 is 1.34. The molecule has 0 saturated carbocycles. The summed E-state index contributed by atoms with van der Waals surface area (Å²) in [4.78, 5) is 20.7. The molecule has 0 aliphatic carbocycles.